The van der Waals surface area contributed by atoms with Gasteiger partial charge in [0.25, 0.3) is 0 Å². The summed E-state index contributed by atoms with van der Waals surface area (Å²) in [6.07, 6.45) is 0. The number of para-hydroxylation sites is 4. The van der Waals surface area contributed by atoms with E-state index in [1.165, 1.54) is 0 Å². The number of rotatable bonds is 6. The molecule has 1 heterocycles. The fourth-order valence-electron chi connectivity index (χ4n) is 3.11. The second-order valence-corrected chi connectivity index (χ2v) is 7.11. The van der Waals surface area contributed by atoms with E-state index in [0.29, 0.717) is 34.7 Å². The predicted molar refractivity (Wildman–Crippen MR) is 113 cm³/mol. The number of ether oxygens (including phenoxy) is 2. The van der Waals surface area contributed by atoms with Gasteiger partial charge >= 0.3 is 0 Å². The van der Waals surface area contributed by atoms with E-state index in [2.05, 4.69) is 4.57 Å². The molecule has 142 valence electrons. The SMILES string of the molecule is COc1ccccc1OCc1nc2ccccc2n1Cc1ccc(Cl)c(Cl)c1. The molecule has 0 aliphatic heterocycles. The van der Waals surface area contributed by atoms with Gasteiger partial charge in [-0.3, -0.25) is 0 Å². The molecule has 3 aromatic carbocycles. The summed E-state index contributed by atoms with van der Waals surface area (Å²) >= 11 is 12.2. The Kier molecular flexibility index (Phi) is 5.42. The van der Waals surface area contributed by atoms with Crippen LogP contribution in [0, 0.1) is 0 Å². The van der Waals surface area contributed by atoms with E-state index in [4.69, 9.17) is 37.7 Å². The molecule has 0 bridgehead atoms. The number of methoxy groups -OCH3 is 1. The zero-order chi connectivity index (χ0) is 19.5. The van der Waals surface area contributed by atoms with Crippen LogP contribution in [-0.4, -0.2) is 16.7 Å². The lowest BCUT2D eigenvalue weighted by atomic mass is 10.2. The third-order valence-corrected chi connectivity index (χ3v) is 5.22. The molecule has 4 rings (SSSR count). The number of halogens is 2. The lowest BCUT2D eigenvalue weighted by Gasteiger charge is -2.13. The standard InChI is InChI=1S/C22H18Cl2N2O2/c1-27-20-8-4-5-9-21(20)28-14-22-25-18-6-2-3-7-19(18)26(22)13-15-10-11-16(23)17(24)12-15/h2-12H,13-14H2,1H3. The first kappa shape index (κ1) is 18.7. The van der Waals surface area contributed by atoms with Crippen molar-refractivity contribution >= 4 is 34.2 Å². The first-order valence-electron chi connectivity index (χ1n) is 8.79. The fourth-order valence-corrected chi connectivity index (χ4v) is 3.43. The third kappa shape index (κ3) is 3.79. The van der Waals surface area contributed by atoms with Crippen molar-refractivity contribution in [2.24, 2.45) is 0 Å². The quantitative estimate of drug-likeness (QED) is 0.390. The molecule has 0 spiro atoms. The second-order valence-electron chi connectivity index (χ2n) is 6.29. The summed E-state index contributed by atoms with van der Waals surface area (Å²) < 4.78 is 13.5. The highest BCUT2D eigenvalue weighted by molar-refractivity contribution is 6.42. The van der Waals surface area contributed by atoms with Gasteiger partial charge in [-0.2, -0.15) is 0 Å². The molecule has 6 heteroatoms. The number of fused-ring (bicyclic) bond motifs is 1. The van der Waals surface area contributed by atoms with Gasteiger partial charge in [-0.1, -0.05) is 53.5 Å². The molecule has 0 atom stereocenters. The Balaban J connectivity index is 1.67. The van der Waals surface area contributed by atoms with Crippen molar-refractivity contribution in [3.8, 4) is 11.5 Å². The molecule has 0 fully saturated rings. The number of hydrogen-bond donors (Lipinski definition) is 0. The molecule has 0 saturated carbocycles. The summed E-state index contributed by atoms with van der Waals surface area (Å²) in [6, 6.07) is 21.2. The predicted octanol–water partition coefficient (Wildman–Crippen LogP) is 5.98. The third-order valence-electron chi connectivity index (χ3n) is 4.48. The number of hydrogen-bond acceptors (Lipinski definition) is 3. The van der Waals surface area contributed by atoms with E-state index in [1.54, 1.807) is 7.11 Å². The lowest BCUT2D eigenvalue weighted by molar-refractivity contribution is 0.273. The summed E-state index contributed by atoms with van der Waals surface area (Å²) in [7, 11) is 1.63. The van der Waals surface area contributed by atoms with Gasteiger partial charge in [-0.25, -0.2) is 4.98 Å². The van der Waals surface area contributed by atoms with Crippen molar-refractivity contribution in [1.82, 2.24) is 9.55 Å². The first-order valence-corrected chi connectivity index (χ1v) is 9.55. The average Bonchev–Trinajstić information content (AvgIpc) is 3.07. The second kappa shape index (κ2) is 8.13. The summed E-state index contributed by atoms with van der Waals surface area (Å²) in [4.78, 5) is 4.76. The van der Waals surface area contributed by atoms with Crippen LogP contribution in [0.25, 0.3) is 11.0 Å². The number of benzene rings is 3. The van der Waals surface area contributed by atoms with Gasteiger partial charge in [0, 0.05) is 6.54 Å². The Hall–Kier alpha value is -2.69. The summed E-state index contributed by atoms with van der Waals surface area (Å²) in [5.41, 5.74) is 2.99. The minimum absolute atomic E-state index is 0.316. The molecule has 0 N–H and O–H groups in total. The summed E-state index contributed by atoms with van der Waals surface area (Å²) in [6.45, 7) is 0.929. The monoisotopic (exact) mass is 412 g/mol. The van der Waals surface area contributed by atoms with Crippen LogP contribution in [0.1, 0.15) is 11.4 Å². The van der Waals surface area contributed by atoms with Crippen LogP contribution in [-0.2, 0) is 13.2 Å². The summed E-state index contributed by atoms with van der Waals surface area (Å²) in [5.74, 6) is 2.19. The van der Waals surface area contributed by atoms with Crippen LogP contribution in [0.3, 0.4) is 0 Å². The van der Waals surface area contributed by atoms with Crippen molar-refractivity contribution in [3.05, 3.63) is 88.2 Å². The molecular weight excluding hydrogens is 395 g/mol. The van der Waals surface area contributed by atoms with Gasteiger partial charge in [-0.15, -0.1) is 0 Å². The Morgan fingerprint density at radius 3 is 2.43 bits per heavy atom. The highest BCUT2D eigenvalue weighted by Crippen LogP contribution is 2.28. The van der Waals surface area contributed by atoms with Gasteiger partial charge in [0.1, 0.15) is 12.4 Å². The number of nitrogens with zero attached hydrogens (tertiary/aromatic N) is 2. The van der Waals surface area contributed by atoms with Crippen molar-refractivity contribution in [2.45, 2.75) is 13.2 Å². The van der Waals surface area contributed by atoms with Crippen LogP contribution >= 0.6 is 23.2 Å². The zero-order valence-corrected chi connectivity index (χ0v) is 16.7. The topological polar surface area (TPSA) is 36.3 Å². The zero-order valence-electron chi connectivity index (χ0n) is 15.2. The van der Waals surface area contributed by atoms with E-state index in [1.807, 2.05) is 66.7 Å². The fraction of sp³-hybridized carbons (Fsp3) is 0.136. The lowest BCUT2D eigenvalue weighted by Crippen LogP contribution is -2.09. The molecule has 4 aromatic rings. The maximum Gasteiger partial charge on any atom is 0.161 e. The maximum atomic E-state index is 6.19. The van der Waals surface area contributed by atoms with Crippen LogP contribution in [0.5, 0.6) is 11.5 Å². The minimum Gasteiger partial charge on any atom is -0.493 e. The van der Waals surface area contributed by atoms with E-state index in [-0.39, 0.29) is 0 Å². The smallest absolute Gasteiger partial charge is 0.161 e. The largest absolute Gasteiger partial charge is 0.493 e. The van der Waals surface area contributed by atoms with E-state index in [0.717, 1.165) is 22.4 Å². The van der Waals surface area contributed by atoms with Gasteiger partial charge in [-0.05, 0) is 42.0 Å². The molecule has 0 unspecified atom stereocenters. The Labute approximate surface area is 173 Å². The van der Waals surface area contributed by atoms with E-state index < -0.39 is 0 Å². The van der Waals surface area contributed by atoms with Gasteiger partial charge in [0.05, 0.1) is 28.2 Å². The normalized spacial score (nSPS) is 11.0. The summed E-state index contributed by atoms with van der Waals surface area (Å²) in [5, 5.41) is 1.08. The highest BCUT2D eigenvalue weighted by atomic mass is 35.5. The number of imidazole rings is 1. The average molecular weight is 413 g/mol. The molecule has 0 saturated heterocycles. The van der Waals surface area contributed by atoms with Crippen LogP contribution in [0.15, 0.2) is 66.7 Å². The molecule has 1 aromatic heterocycles. The van der Waals surface area contributed by atoms with Gasteiger partial charge in [0.2, 0.25) is 0 Å². The van der Waals surface area contributed by atoms with Crippen molar-refractivity contribution in [2.75, 3.05) is 7.11 Å². The molecule has 0 aliphatic rings. The molecule has 0 radical (unpaired) electrons. The highest BCUT2D eigenvalue weighted by Gasteiger charge is 2.13. The van der Waals surface area contributed by atoms with E-state index >= 15 is 0 Å². The Morgan fingerprint density at radius 1 is 0.893 bits per heavy atom. The van der Waals surface area contributed by atoms with E-state index in [9.17, 15) is 0 Å². The molecule has 0 aliphatic carbocycles. The Morgan fingerprint density at radius 2 is 1.64 bits per heavy atom. The van der Waals surface area contributed by atoms with Crippen LogP contribution in [0.4, 0.5) is 0 Å². The van der Waals surface area contributed by atoms with Crippen molar-refractivity contribution in [1.29, 1.82) is 0 Å². The van der Waals surface area contributed by atoms with Gasteiger partial charge < -0.3 is 14.0 Å². The number of aromatic nitrogens is 2. The molecule has 28 heavy (non-hydrogen) atoms. The first-order chi connectivity index (χ1) is 13.7. The minimum atomic E-state index is 0.316. The van der Waals surface area contributed by atoms with Gasteiger partial charge in [0.15, 0.2) is 11.5 Å². The van der Waals surface area contributed by atoms with Crippen molar-refractivity contribution < 1.29 is 9.47 Å². The van der Waals surface area contributed by atoms with Crippen LogP contribution in [0.2, 0.25) is 10.0 Å². The Bertz CT molecular complexity index is 1120. The molecular formula is C22H18Cl2N2O2. The molecule has 4 nitrogen and oxygen atoms in total. The molecule has 0 amide bonds. The maximum absolute atomic E-state index is 6.19. The van der Waals surface area contributed by atoms with Crippen molar-refractivity contribution in [3.63, 3.8) is 0 Å². The van der Waals surface area contributed by atoms with Crippen LogP contribution < -0.4 is 9.47 Å².